The van der Waals surface area contributed by atoms with Gasteiger partial charge >= 0.3 is 12.1 Å². The number of carbonyl (C=O) groups excluding carboxylic acids is 3. The van der Waals surface area contributed by atoms with Gasteiger partial charge in [-0.1, -0.05) is 36.4 Å². The minimum atomic E-state index is -5.08. The van der Waals surface area contributed by atoms with E-state index < -0.39 is 18.2 Å². The molecule has 3 amide bonds. The lowest BCUT2D eigenvalue weighted by Gasteiger charge is -2.28. The van der Waals surface area contributed by atoms with Crippen molar-refractivity contribution in [2.24, 2.45) is 17.6 Å². The number of piperazine rings is 1. The fraction of sp³-hybridized carbons (Fsp3) is 0.378. The lowest BCUT2D eigenvalue weighted by molar-refractivity contribution is -0.192. The van der Waals surface area contributed by atoms with Gasteiger partial charge in [0.05, 0.1) is 0 Å². The monoisotopic (exact) mass is 749 g/mol. The van der Waals surface area contributed by atoms with E-state index in [0.29, 0.717) is 49.0 Å². The lowest BCUT2D eigenvalue weighted by atomic mass is 9.81. The van der Waals surface area contributed by atoms with Crippen LogP contribution < -0.4 is 21.7 Å². The number of nitrogens with two attached hydrogens (primary N) is 1. The van der Waals surface area contributed by atoms with E-state index in [0.717, 1.165) is 61.0 Å². The number of carboxylic acids is 1. The van der Waals surface area contributed by atoms with Crippen molar-refractivity contribution in [2.75, 3.05) is 38.0 Å². The van der Waals surface area contributed by atoms with Crippen LogP contribution in [0.4, 0.5) is 18.9 Å². The van der Waals surface area contributed by atoms with Crippen molar-refractivity contribution in [3.8, 4) is 22.5 Å². The summed E-state index contributed by atoms with van der Waals surface area (Å²) in [5, 5.41) is 30.4. The van der Waals surface area contributed by atoms with Gasteiger partial charge in [0, 0.05) is 55.3 Å². The molecule has 3 aromatic carbocycles. The number of amides is 3. The summed E-state index contributed by atoms with van der Waals surface area (Å²) in [6.07, 6.45) is -1.37. The number of aromatic nitrogens is 4. The molecule has 0 radical (unpaired) electrons. The minimum Gasteiger partial charge on any atom is -0.475 e. The number of carbonyl (C=O) groups is 4. The fourth-order valence-corrected chi connectivity index (χ4v) is 6.30. The molecule has 2 aliphatic rings. The number of nitrogens with one attached hydrogen (secondary N) is 4. The Morgan fingerprint density at radius 1 is 0.870 bits per heavy atom. The fourth-order valence-electron chi connectivity index (χ4n) is 6.30. The van der Waals surface area contributed by atoms with E-state index in [9.17, 15) is 27.6 Å². The SMILES string of the molecule is NCC1CCC(C(=O)N[C@@H](Cc2ccc(-c3ccc(C(=O)N4CCNCC4)cc3)cc2)C(=O)Nc2ccc(-c3nn[nH]n3)cc2)CC1.O=C(O)C(F)(F)F. The highest BCUT2D eigenvalue weighted by atomic mass is 19.4. The molecular weight excluding hydrogens is 707 g/mol. The molecule has 2 heterocycles. The average molecular weight is 750 g/mol. The van der Waals surface area contributed by atoms with Gasteiger partial charge in [0.1, 0.15) is 6.04 Å². The normalized spacial score (nSPS) is 17.7. The summed E-state index contributed by atoms with van der Waals surface area (Å²) in [4.78, 5) is 50.6. The maximum atomic E-state index is 13.6. The molecule has 14 nitrogen and oxygen atoms in total. The largest absolute Gasteiger partial charge is 0.490 e. The van der Waals surface area contributed by atoms with Crippen LogP contribution in [0.5, 0.6) is 0 Å². The van der Waals surface area contributed by atoms with Crippen LogP contribution in [0.2, 0.25) is 0 Å². The molecule has 1 aliphatic carbocycles. The van der Waals surface area contributed by atoms with Crippen molar-refractivity contribution in [1.29, 1.82) is 0 Å². The average Bonchev–Trinajstić information content (AvgIpc) is 3.74. The molecule has 0 bridgehead atoms. The van der Waals surface area contributed by atoms with Crippen LogP contribution in [0, 0.1) is 11.8 Å². The van der Waals surface area contributed by atoms with E-state index in [1.807, 2.05) is 53.4 Å². The topological polar surface area (TPSA) is 208 Å². The highest BCUT2D eigenvalue weighted by Crippen LogP contribution is 2.29. The quantitative estimate of drug-likeness (QED) is 0.139. The number of hydrogen-bond donors (Lipinski definition) is 6. The number of carboxylic acid groups (broad SMARTS) is 1. The number of aromatic amines is 1. The van der Waals surface area contributed by atoms with Crippen molar-refractivity contribution in [1.82, 2.24) is 36.2 Å². The Kier molecular flexibility index (Phi) is 13.5. The first-order valence-electron chi connectivity index (χ1n) is 17.6. The Balaban J connectivity index is 0.000000730. The number of nitrogens with zero attached hydrogens (tertiary/aromatic N) is 4. The van der Waals surface area contributed by atoms with Gasteiger partial charge in [-0.05, 0) is 96.4 Å². The second-order valence-corrected chi connectivity index (χ2v) is 13.1. The van der Waals surface area contributed by atoms with Crippen molar-refractivity contribution in [2.45, 2.75) is 44.3 Å². The molecule has 1 atom stereocenters. The summed E-state index contributed by atoms with van der Waals surface area (Å²) < 4.78 is 31.7. The van der Waals surface area contributed by atoms with E-state index in [2.05, 4.69) is 36.6 Å². The van der Waals surface area contributed by atoms with Gasteiger partial charge in [0.25, 0.3) is 5.91 Å². The third-order valence-electron chi connectivity index (χ3n) is 9.45. The van der Waals surface area contributed by atoms with Gasteiger partial charge in [0.2, 0.25) is 17.6 Å². The number of H-pyrrole nitrogens is 1. The summed E-state index contributed by atoms with van der Waals surface area (Å²) in [6.45, 7) is 3.69. The summed E-state index contributed by atoms with van der Waals surface area (Å²) in [6, 6.07) is 22.0. The summed E-state index contributed by atoms with van der Waals surface area (Å²) in [5.41, 5.74) is 10.8. The predicted molar refractivity (Wildman–Crippen MR) is 193 cm³/mol. The van der Waals surface area contributed by atoms with Crippen LogP contribution in [0.15, 0.2) is 72.8 Å². The first-order valence-corrected chi connectivity index (χ1v) is 17.6. The second-order valence-electron chi connectivity index (χ2n) is 13.1. The van der Waals surface area contributed by atoms with Crippen LogP contribution in [0.3, 0.4) is 0 Å². The molecule has 1 saturated carbocycles. The Morgan fingerprint density at radius 2 is 1.44 bits per heavy atom. The van der Waals surface area contributed by atoms with Crippen LogP contribution in [-0.2, 0) is 20.8 Å². The number of aliphatic carboxylic acids is 1. The van der Waals surface area contributed by atoms with Crippen LogP contribution >= 0.6 is 0 Å². The highest BCUT2D eigenvalue weighted by Gasteiger charge is 2.38. The molecule has 17 heteroatoms. The standard InChI is InChI=1S/C35H41N9O3.C2HF3O2/c36-22-24-3-7-28(8-4-24)33(45)39-31(34(46)38-30-15-13-27(14-16-30)32-40-42-43-41-32)21-23-1-5-25(6-2-23)26-9-11-29(12-10-26)35(47)44-19-17-37-18-20-44;3-2(4,5)1(6)7/h1-2,5-6,9-16,24,28,31,37H,3-4,7-8,17-22,36H2,(H,38,46)(H,39,45)(H,40,41,42,43);(H,6,7)/t24?,28?,31-;/m0./s1. The van der Waals surface area contributed by atoms with E-state index in [1.165, 1.54) is 0 Å². The van der Waals surface area contributed by atoms with E-state index in [1.54, 1.807) is 24.3 Å². The van der Waals surface area contributed by atoms with E-state index >= 15 is 0 Å². The molecule has 7 N–H and O–H groups in total. The van der Waals surface area contributed by atoms with Gasteiger partial charge in [-0.3, -0.25) is 14.4 Å². The smallest absolute Gasteiger partial charge is 0.475 e. The van der Waals surface area contributed by atoms with Crippen molar-refractivity contribution in [3.05, 3.63) is 83.9 Å². The summed E-state index contributed by atoms with van der Waals surface area (Å²) in [7, 11) is 0. The number of halogens is 3. The van der Waals surface area contributed by atoms with Gasteiger partial charge in [-0.25, -0.2) is 4.79 Å². The number of benzene rings is 3. The third kappa shape index (κ3) is 10.9. The molecule has 286 valence electrons. The molecular formula is C37H42F3N9O5. The number of rotatable bonds is 10. The number of anilines is 1. The van der Waals surface area contributed by atoms with Crippen LogP contribution in [0.1, 0.15) is 41.6 Å². The molecule has 4 aromatic rings. The number of tetrazole rings is 1. The van der Waals surface area contributed by atoms with Gasteiger partial charge in [-0.15, -0.1) is 10.2 Å². The Hall–Kier alpha value is -5.68. The second kappa shape index (κ2) is 18.4. The zero-order valence-corrected chi connectivity index (χ0v) is 29.3. The maximum absolute atomic E-state index is 13.6. The van der Waals surface area contributed by atoms with Crippen molar-refractivity contribution < 1.29 is 37.5 Å². The van der Waals surface area contributed by atoms with Crippen molar-refractivity contribution in [3.63, 3.8) is 0 Å². The summed E-state index contributed by atoms with van der Waals surface area (Å²) >= 11 is 0. The first kappa shape index (κ1) is 39.5. The number of hydrogen-bond acceptors (Lipinski definition) is 9. The zero-order chi connectivity index (χ0) is 38.7. The Labute approximate surface area is 309 Å². The van der Waals surface area contributed by atoms with Crippen LogP contribution in [-0.4, -0.2) is 99.3 Å². The van der Waals surface area contributed by atoms with Crippen molar-refractivity contribution >= 4 is 29.4 Å². The summed E-state index contributed by atoms with van der Waals surface area (Å²) in [5.74, 6) is -2.32. The molecule has 1 saturated heterocycles. The minimum absolute atomic E-state index is 0.0510. The molecule has 54 heavy (non-hydrogen) atoms. The molecule has 2 fully saturated rings. The lowest BCUT2D eigenvalue weighted by Crippen LogP contribution is -2.48. The zero-order valence-electron chi connectivity index (χ0n) is 29.3. The molecule has 0 unspecified atom stereocenters. The van der Waals surface area contributed by atoms with E-state index in [4.69, 9.17) is 15.6 Å². The molecule has 1 aromatic heterocycles. The van der Waals surface area contributed by atoms with Gasteiger partial charge in [0.15, 0.2) is 0 Å². The maximum Gasteiger partial charge on any atom is 0.490 e. The highest BCUT2D eigenvalue weighted by molar-refractivity contribution is 5.98. The predicted octanol–water partition coefficient (Wildman–Crippen LogP) is 3.64. The Morgan fingerprint density at radius 3 is 1.98 bits per heavy atom. The Bertz CT molecular complexity index is 1840. The molecule has 0 spiro atoms. The third-order valence-corrected chi connectivity index (χ3v) is 9.45. The van der Waals surface area contributed by atoms with Gasteiger partial charge in [-0.2, -0.15) is 18.4 Å². The van der Waals surface area contributed by atoms with Gasteiger partial charge < -0.3 is 31.7 Å². The van der Waals surface area contributed by atoms with Crippen LogP contribution in [0.25, 0.3) is 22.5 Å². The first-order chi connectivity index (χ1) is 25.9. The number of alkyl halides is 3. The molecule has 1 aliphatic heterocycles. The van der Waals surface area contributed by atoms with E-state index in [-0.39, 0.29) is 23.6 Å². The molecule has 6 rings (SSSR count).